The van der Waals surface area contributed by atoms with Gasteiger partial charge in [0.05, 0.1) is 14.2 Å². The van der Waals surface area contributed by atoms with Crippen LogP contribution in [0.1, 0.15) is 20.3 Å². The number of ether oxygens (including phenoxy) is 2. The molecule has 1 heterocycles. The molecule has 0 radical (unpaired) electrons. The van der Waals surface area contributed by atoms with Crippen LogP contribution in [0.4, 0.5) is 11.6 Å². The number of carbonyl (C=O) groups is 1. The van der Waals surface area contributed by atoms with E-state index in [1.54, 1.807) is 0 Å². The first-order valence-electron chi connectivity index (χ1n) is 6.23. The van der Waals surface area contributed by atoms with Gasteiger partial charge >= 0.3 is 5.97 Å². The van der Waals surface area contributed by atoms with Gasteiger partial charge < -0.3 is 20.2 Å². The Morgan fingerprint density at radius 3 is 2.50 bits per heavy atom. The van der Waals surface area contributed by atoms with Gasteiger partial charge in [-0.3, -0.25) is 0 Å². The maximum Gasteiger partial charge on any atom is 0.328 e. The molecule has 8 heteroatoms. The third-order valence-corrected chi connectivity index (χ3v) is 2.65. The van der Waals surface area contributed by atoms with Crippen molar-refractivity contribution in [3.63, 3.8) is 0 Å². The number of nitrogen functional groups attached to an aromatic ring is 1. The lowest BCUT2D eigenvalue weighted by Crippen LogP contribution is -2.32. The van der Waals surface area contributed by atoms with Crippen LogP contribution in [0.5, 0.6) is 5.75 Å². The smallest absolute Gasteiger partial charge is 0.328 e. The van der Waals surface area contributed by atoms with Crippen LogP contribution >= 0.6 is 0 Å². The van der Waals surface area contributed by atoms with Crippen LogP contribution in [0.3, 0.4) is 0 Å². The SMILES string of the molecule is COC(=O)C(CC(C)C)Nc1ncnc(NN)c1OC. The molecular formula is C12H21N5O3. The molecule has 0 spiro atoms. The first kappa shape index (κ1) is 16.0. The second kappa shape index (κ2) is 7.49. The van der Waals surface area contributed by atoms with E-state index in [-0.39, 0.29) is 5.97 Å². The monoisotopic (exact) mass is 283 g/mol. The third-order valence-electron chi connectivity index (χ3n) is 2.65. The van der Waals surface area contributed by atoms with Crippen LogP contribution in [-0.2, 0) is 9.53 Å². The molecule has 0 aromatic carbocycles. The molecule has 0 amide bonds. The summed E-state index contributed by atoms with van der Waals surface area (Å²) in [7, 11) is 2.82. The molecule has 0 saturated carbocycles. The number of nitrogens with zero attached hydrogens (tertiary/aromatic N) is 2. The quantitative estimate of drug-likeness (QED) is 0.382. The maximum absolute atomic E-state index is 11.8. The normalized spacial score (nSPS) is 11.9. The van der Waals surface area contributed by atoms with Crippen molar-refractivity contribution < 1.29 is 14.3 Å². The number of nitrogens with one attached hydrogen (secondary N) is 2. The number of hydrogen-bond donors (Lipinski definition) is 3. The van der Waals surface area contributed by atoms with E-state index >= 15 is 0 Å². The zero-order valence-corrected chi connectivity index (χ0v) is 12.1. The van der Waals surface area contributed by atoms with E-state index in [1.807, 2.05) is 13.8 Å². The zero-order chi connectivity index (χ0) is 15.1. The molecule has 1 unspecified atom stereocenters. The summed E-state index contributed by atoms with van der Waals surface area (Å²) < 4.78 is 9.99. The van der Waals surface area contributed by atoms with Gasteiger partial charge in [0.1, 0.15) is 12.4 Å². The van der Waals surface area contributed by atoms with Crippen LogP contribution < -0.4 is 21.3 Å². The van der Waals surface area contributed by atoms with Crippen LogP contribution in [-0.4, -0.2) is 36.2 Å². The lowest BCUT2D eigenvalue weighted by molar-refractivity contribution is -0.141. The number of hydrazine groups is 1. The van der Waals surface area contributed by atoms with Gasteiger partial charge in [0.15, 0.2) is 11.6 Å². The van der Waals surface area contributed by atoms with Crippen molar-refractivity contribution in [3.8, 4) is 5.75 Å². The average Bonchev–Trinajstić information content (AvgIpc) is 2.44. The molecule has 1 atom stereocenters. The van der Waals surface area contributed by atoms with Gasteiger partial charge in [0, 0.05) is 0 Å². The largest absolute Gasteiger partial charge is 0.490 e. The summed E-state index contributed by atoms with van der Waals surface area (Å²) >= 11 is 0. The highest BCUT2D eigenvalue weighted by Gasteiger charge is 2.23. The average molecular weight is 283 g/mol. The van der Waals surface area contributed by atoms with Crippen molar-refractivity contribution >= 4 is 17.6 Å². The topological polar surface area (TPSA) is 111 Å². The van der Waals surface area contributed by atoms with E-state index in [2.05, 4.69) is 20.7 Å². The van der Waals surface area contributed by atoms with Gasteiger partial charge in [-0.05, 0) is 12.3 Å². The fraction of sp³-hybridized carbons (Fsp3) is 0.583. The molecule has 0 aliphatic carbocycles. The number of carbonyl (C=O) groups excluding carboxylic acids is 1. The highest BCUT2D eigenvalue weighted by atomic mass is 16.5. The van der Waals surface area contributed by atoms with Crippen molar-refractivity contribution in [1.29, 1.82) is 0 Å². The number of hydrogen-bond acceptors (Lipinski definition) is 8. The molecule has 8 nitrogen and oxygen atoms in total. The summed E-state index contributed by atoms with van der Waals surface area (Å²) in [6.07, 6.45) is 1.93. The lowest BCUT2D eigenvalue weighted by atomic mass is 10.0. The van der Waals surface area contributed by atoms with Crippen molar-refractivity contribution in [2.75, 3.05) is 25.0 Å². The molecule has 0 aliphatic heterocycles. The highest BCUT2D eigenvalue weighted by molar-refractivity contribution is 5.80. The number of methoxy groups -OCH3 is 2. The Morgan fingerprint density at radius 2 is 2.00 bits per heavy atom. The zero-order valence-electron chi connectivity index (χ0n) is 12.1. The highest BCUT2D eigenvalue weighted by Crippen LogP contribution is 2.29. The molecule has 1 aromatic rings. The molecule has 0 bridgehead atoms. The molecule has 1 aromatic heterocycles. The molecule has 0 saturated heterocycles. The molecule has 0 fully saturated rings. The fourth-order valence-corrected chi connectivity index (χ4v) is 1.77. The summed E-state index contributed by atoms with van der Waals surface area (Å²) in [5.41, 5.74) is 2.41. The maximum atomic E-state index is 11.8. The number of nitrogens with two attached hydrogens (primary N) is 1. The molecule has 112 valence electrons. The number of aromatic nitrogens is 2. The van der Waals surface area contributed by atoms with Gasteiger partial charge in [0.2, 0.25) is 5.75 Å². The Labute approximate surface area is 118 Å². The number of rotatable bonds is 7. The predicted molar refractivity (Wildman–Crippen MR) is 75.3 cm³/mol. The Balaban J connectivity index is 3.01. The molecule has 1 rings (SSSR count). The van der Waals surface area contributed by atoms with Gasteiger partial charge in [-0.1, -0.05) is 13.8 Å². The van der Waals surface area contributed by atoms with Gasteiger partial charge in [-0.15, -0.1) is 0 Å². The van der Waals surface area contributed by atoms with Crippen LogP contribution in [0.25, 0.3) is 0 Å². The van der Waals surface area contributed by atoms with Gasteiger partial charge in [0.25, 0.3) is 0 Å². The van der Waals surface area contributed by atoms with E-state index in [1.165, 1.54) is 20.5 Å². The Kier molecular flexibility index (Phi) is 5.98. The first-order chi connectivity index (χ1) is 9.53. The summed E-state index contributed by atoms with van der Waals surface area (Å²) in [5.74, 6) is 6.36. The predicted octanol–water partition coefficient (Wildman–Crippen LogP) is 0.770. The van der Waals surface area contributed by atoms with Crippen LogP contribution in [0.2, 0.25) is 0 Å². The van der Waals surface area contributed by atoms with E-state index in [0.717, 1.165) is 0 Å². The standard InChI is InChI=1S/C12H21N5O3/c1-7(2)5-8(12(18)20-4)16-10-9(19-3)11(17-13)15-6-14-10/h6-8H,5,13H2,1-4H3,(H2,14,15,16,17). The summed E-state index contributed by atoms with van der Waals surface area (Å²) in [6.45, 7) is 4.03. The minimum Gasteiger partial charge on any atom is -0.490 e. The Hall–Kier alpha value is -2.09. The number of anilines is 2. The summed E-state index contributed by atoms with van der Waals surface area (Å²) in [4.78, 5) is 19.8. The van der Waals surface area contributed by atoms with Crippen molar-refractivity contribution in [1.82, 2.24) is 9.97 Å². The minimum atomic E-state index is -0.519. The van der Waals surface area contributed by atoms with Crippen molar-refractivity contribution in [2.24, 2.45) is 11.8 Å². The second-order valence-corrected chi connectivity index (χ2v) is 4.60. The van der Waals surface area contributed by atoms with Crippen molar-refractivity contribution in [2.45, 2.75) is 26.3 Å². The third kappa shape index (κ3) is 3.95. The van der Waals surface area contributed by atoms with E-state index in [4.69, 9.17) is 15.3 Å². The summed E-state index contributed by atoms with van der Waals surface area (Å²) in [6, 6.07) is -0.519. The lowest BCUT2D eigenvalue weighted by Gasteiger charge is -2.20. The van der Waals surface area contributed by atoms with E-state index in [0.29, 0.717) is 29.7 Å². The second-order valence-electron chi connectivity index (χ2n) is 4.60. The van der Waals surface area contributed by atoms with Gasteiger partial charge in [-0.25, -0.2) is 20.6 Å². The minimum absolute atomic E-state index is 0.312. The van der Waals surface area contributed by atoms with Gasteiger partial charge in [-0.2, -0.15) is 0 Å². The molecular weight excluding hydrogens is 262 g/mol. The summed E-state index contributed by atoms with van der Waals surface area (Å²) in [5, 5.41) is 3.01. The van der Waals surface area contributed by atoms with Crippen LogP contribution in [0, 0.1) is 5.92 Å². The van der Waals surface area contributed by atoms with E-state index in [9.17, 15) is 4.79 Å². The Morgan fingerprint density at radius 1 is 1.35 bits per heavy atom. The molecule has 4 N–H and O–H groups in total. The number of esters is 1. The Bertz CT molecular complexity index is 453. The first-order valence-corrected chi connectivity index (χ1v) is 6.23. The van der Waals surface area contributed by atoms with Crippen LogP contribution in [0.15, 0.2) is 6.33 Å². The van der Waals surface area contributed by atoms with E-state index < -0.39 is 6.04 Å². The molecule has 0 aliphatic rings. The van der Waals surface area contributed by atoms with Crippen molar-refractivity contribution in [3.05, 3.63) is 6.33 Å². The fourth-order valence-electron chi connectivity index (χ4n) is 1.77. The molecule has 20 heavy (non-hydrogen) atoms.